The van der Waals surface area contributed by atoms with Crippen molar-refractivity contribution in [3.63, 3.8) is 0 Å². The number of imidazole rings is 1. The lowest BCUT2D eigenvalue weighted by Crippen LogP contribution is -2.12. The summed E-state index contributed by atoms with van der Waals surface area (Å²) in [6.07, 6.45) is 5.79. The summed E-state index contributed by atoms with van der Waals surface area (Å²) in [5, 5.41) is 0. The number of hydrogen-bond donors (Lipinski definition) is 3. The van der Waals surface area contributed by atoms with Crippen LogP contribution in [0.2, 0.25) is 0 Å². The highest BCUT2D eigenvalue weighted by Crippen LogP contribution is 2.18. The van der Waals surface area contributed by atoms with Gasteiger partial charge in [-0.3, -0.25) is 4.79 Å². The lowest BCUT2D eigenvalue weighted by atomic mass is 10.1. The molecule has 0 aliphatic carbocycles. The third kappa shape index (κ3) is 1.80. The molecule has 0 amide bonds. The number of hydrogen-bond acceptors (Lipinski definition) is 3. The SMILES string of the molecule is CCCCCc1c(N)[nH]c(=O)c2nc[nH]c12. The van der Waals surface area contributed by atoms with Crippen LogP contribution >= 0.6 is 0 Å². The topological polar surface area (TPSA) is 87.6 Å². The quantitative estimate of drug-likeness (QED) is 0.683. The minimum atomic E-state index is -0.229. The normalized spacial score (nSPS) is 11.1. The van der Waals surface area contributed by atoms with Gasteiger partial charge in [-0.15, -0.1) is 0 Å². The summed E-state index contributed by atoms with van der Waals surface area (Å²) in [6, 6.07) is 0. The van der Waals surface area contributed by atoms with E-state index < -0.39 is 0 Å². The first-order chi connectivity index (χ1) is 7.74. The van der Waals surface area contributed by atoms with E-state index in [0.29, 0.717) is 11.3 Å². The van der Waals surface area contributed by atoms with Crippen LogP contribution in [-0.4, -0.2) is 15.0 Å². The molecule has 4 N–H and O–H groups in total. The smallest absolute Gasteiger partial charge is 0.277 e. The van der Waals surface area contributed by atoms with Gasteiger partial charge in [-0.2, -0.15) is 0 Å². The van der Waals surface area contributed by atoms with Crippen molar-refractivity contribution in [2.75, 3.05) is 5.73 Å². The number of nitrogens with one attached hydrogen (secondary N) is 2. The van der Waals surface area contributed by atoms with E-state index in [0.717, 1.165) is 36.8 Å². The van der Waals surface area contributed by atoms with Crippen molar-refractivity contribution >= 4 is 16.9 Å². The third-order valence-corrected chi connectivity index (χ3v) is 2.76. The van der Waals surface area contributed by atoms with Gasteiger partial charge in [0.1, 0.15) is 5.82 Å². The number of pyridine rings is 1. The number of aromatic amines is 2. The highest BCUT2D eigenvalue weighted by Gasteiger charge is 2.10. The number of nitrogen functional groups attached to an aromatic ring is 1. The molecule has 0 aliphatic rings. The molecule has 16 heavy (non-hydrogen) atoms. The molecule has 0 saturated carbocycles. The molecule has 86 valence electrons. The van der Waals surface area contributed by atoms with Crippen molar-refractivity contribution < 1.29 is 0 Å². The Morgan fingerprint density at radius 2 is 2.25 bits per heavy atom. The summed E-state index contributed by atoms with van der Waals surface area (Å²) in [7, 11) is 0. The number of fused-ring (bicyclic) bond motifs is 1. The van der Waals surface area contributed by atoms with Gasteiger partial charge in [-0.25, -0.2) is 4.98 Å². The van der Waals surface area contributed by atoms with Gasteiger partial charge in [0.2, 0.25) is 0 Å². The zero-order chi connectivity index (χ0) is 11.5. The van der Waals surface area contributed by atoms with E-state index in [1.165, 1.54) is 6.33 Å². The predicted molar refractivity (Wildman–Crippen MR) is 64.4 cm³/mol. The summed E-state index contributed by atoms with van der Waals surface area (Å²) in [5.41, 5.74) is 7.79. The number of nitrogens with zero attached hydrogens (tertiary/aromatic N) is 1. The summed E-state index contributed by atoms with van der Waals surface area (Å²) >= 11 is 0. The maximum Gasteiger partial charge on any atom is 0.277 e. The molecule has 0 bridgehead atoms. The van der Waals surface area contributed by atoms with Crippen LogP contribution in [0.4, 0.5) is 5.82 Å². The molecule has 0 aliphatic heterocycles. The number of anilines is 1. The summed E-state index contributed by atoms with van der Waals surface area (Å²) in [4.78, 5) is 21.1. The minimum Gasteiger partial charge on any atom is -0.385 e. The number of H-pyrrole nitrogens is 2. The fourth-order valence-electron chi connectivity index (χ4n) is 1.90. The molecule has 2 aromatic heterocycles. The van der Waals surface area contributed by atoms with Crippen molar-refractivity contribution in [1.82, 2.24) is 15.0 Å². The van der Waals surface area contributed by atoms with Gasteiger partial charge in [0, 0.05) is 5.56 Å². The van der Waals surface area contributed by atoms with Crippen molar-refractivity contribution in [3.8, 4) is 0 Å². The maximum atomic E-state index is 11.5. The molecule has 2 rings (SSSR count). The Bertz CT molecular complexity index is 540. The average molecular weight is 220 g/mol. The van der Waals surface area contributed by atoms with Crippen molar-refractivity contribution in [3.05, 3.63) is 22.2 Å². The highest BCUT2D eigenvalue weighted by atomic mass is 16.1. The summed E-state index contributed by atoms with van der Waals surface area (Å²) in [5.74, 6) is 0.456. The fraction of sp³-hybridized carbons (Fsp3) is 0.455. The second-order valence-corrected chi connectivity index (χ2v) is 3.93. The highest BCUT2D eigenvalue weighted by molar-refractivity contribution is 5.80. The first kappa shape index (κ1) is 10.7. The fourth-order valence-corrected chi connectivity index (χ4v) is 1.90. The Morgan fingerprint density at radius 3 is 3.00 bits per heavy atom. The Balaban J connectivity index is 2.42. The molecule has 0 saturated heterocycles. The average Bonchev–Trinajstić information content (AvgIpc) is 2.72. The van der Waals surface area contributed by atoms with Crippen LogP contribution in [0, 0.1) is 0 Å². The molecule has 0 spiro atoms. The molecule has 2 aromatic rings. The molecule has 0 fully saturated rings. The minimum absolute atomic E-state index is 0.229. The number of rotatable bonds is 4. The molecule has 5 nitrogen and oxygen atoms in total. The second kappa shape index (κ2) is 4.38. The van der Waals surface area contributed by atoms with E-state index in [2.05, 4.69) is 21.9 Å². The first-order valence-corrected chi connectivity index (χ1v) is 5.57. The first-order valence-electron chi connectivity index (χ1n) is 5.57. The molecule has 0 aromatic carbocycles. The molecule has 0 unspecified atom stereocenters. The number of unbranched alkanes of at least 4 members (excludes halogenated alkanes) is 2. The van der Waals surface area contributed by atoms with E-state index >= 15 is 0 Å². The van der Waals surface area contributed by atoms with Gasteiger partial charge in [-0.05, 0) is 12.8 Å². The van der Waals surface area contributed by atoms with Crippen LogP contribution in [-0.2, 0) is 6.42 Å². The van der Waals surface area contributed by atoms with Crippen molar-refractivity contribution in [1.29, 1.82) is 0 Å². The Kier molecular flexibility index (Phi) is 2.94. The van der Waals surface area contributed by atoms with Crippen molar-refractivity contribution in [2.24, 2.45) is 0 Å². The van der Waals surface area contributed by atoms with Crippen LogP contribution < -0.4 is 11.3 Å². The van der Waals surface area contributed by atoms with Gasteiger partial charge < -0.3 is 15.7 Å². The largest absolute Gasteiger partial charge is 0.385 e. The zero-order valence-corrected chi connectivity index (χ0v) is 9.34. The molecule has 0 radical (unpaired) electrons. The van der Waals surface area contributed by atoms with E-state index in [1.807, 2.05) is 0 Å². The lowest BCUT2D eigenvalue weighted by Gasteiger charge is -2.05. The van der Waals surface area contributed by atoms with Gasteiger partial charge in [0.25, 0.3) is 5.56 Å². The predicted octanol–water partition coefficient (Wildman–Crippen LogP) is 1.57. The molecular formula is C11H16N4O. The Morgan fingerprint density at radius 1 is 1.44 bits per heavy atom. The number of aromatic nitrogens is 3. The molecular weight excluding hydrogens is 204 g/mol. The van der Waals surface area contributed by atoms with E-state index in [9.17, 15) is 4.79 Å². The Labute approximate surface area is 93.1 Å². The summed E-state index contributed by atoms with van der Waals surface area (Å²) in [6.45, 7) is 2.15. The van der Waals surface area contributed by atoms with Crippen LogP contribution in [0.3, 0.4) is 0 Å². The van der Waals surface area contributed by atoms with E-state index in [-0.39, 0.29) is 5.56 Å². The van der Waals surface area contributed by atoms with Crippen LogP contribution in [0.5, 0.6) is 0 Å². The zero-order valence-electron chi connectivity index (χ0n) is 9.34. The van der Waals surface area contributed by atoms with Crippen molar-refractivity contribution in [2.45, 2.75) is 32.6 Å². The number of aryl methyl sites for hydroxylation is 1. The molecule has 2 heterocycles. The third-order valence-electron chi connectivity index (χ3n) is 2.76. The molecule has 5 heteroatoms. The maximum absolute atomic E-state index is 11.5. The molecule has 0 atom stereocenters. The van der Waals surface area contributed by atoms with Gasteiger partial charge in [0.05, 0.1) is 11.8 Å². The van der Waals surface area contributed by atoms with Crippen LogP contribution in [0.1, 0.15) is 31.7 Å². The van der Waals surface area contributed by atoms with E-state index in [4.69, 9.17) is 5.73 Å². The van der Waals surface area contributed by atoms with Gasteiger partial charge in [0.15, 0.2) is 5.52 Å². The Hall–Kier alpha value is -1.78. The van der Waals surface area contributed by atoms with Gasteiger partial charge in [-0.1, -0.05) is 19.8 Å². The lowest BCUT2D eigenvalue weighted by molar-refractivity contribution is 0.719. The second-order valence-electron chi connectivity index (χ2n) is 3.93. The summed E-state index contributed by atoms with van der Waals surface area (Å²) < 4.78 is 0. The standard InChI is InChI=1S/C11H16N4O/c1-2-3-4-5-7-8-9(14-6-13-8)11(16)15-10(7)12/h6H,2-5H2,1H3,(H,13,14)(H3,12,15,16). The van der Waals surface area contributed by atoms with Gasteiger partial charge >= 0.3 is 0 Å². The van der Waals surface area contributed by atoms with Crippen LogP contribution in [0.25, 0.3) is 11.0 Å². The van der Waals surface area contributed by atoms with E-state index in [1.54, 1.807) is 0 Å². The van der Waals surface area contributed by atoms with Crippen LogP contribution in [0.15, 0.2) is 11.1 Å². The monoisotopic (exact) mass is 220 g/mol. The number of nitrogens with two attached hydrogens (primary N) is 1.